The third kappa shape index (κ3) is 2.94. The molecule has 3 heterocycles. The van der Waals surface area contributed by atoms with Crippen molar-refractivity contribution in [2.45, 2.75) is 45.6 Å². The Labute approximate surface area is 145 Å². The molecule has 4 rings (SSSR count). The summed E-state index contributed by atoms with van der Waals surface area (Å²) in [6, 6.07) is 3.82. The number of rotatable bonds is 3. The van der Waals surface area contributed by atoms with Crippen LogP contribution in [-0.2, 0) is 19.4 Å². The third-order valence-electron chi connectivity index (χ3n) is 4.48. The summed E-state index contributed by atoms with van der Waals surface area (Å²) in [5.41, 5.74) is 8.21. The highest BCUT2D eigenvalue weighted by atomic mass is 32.1. The van der Waals surface area contributed by atoms with Crippen LogP contribution in [0.4, 0.5) is 11.6 Å². The maximum atomic E-state index is 5.65. The largest absolute Gasteiger partial charge is 0.384 e. The monoisotopic (exact) mass is 339 g/mol. The molecule has 0 radical (unpaired) electrons. The number of aryl methyl sites for hydroxylation is 3. The number of nitrogens with one attached hydrogen (secondary N) is 1. The molecule has 5 nitrogen and oxygen atoms in total. The number of hydrogen-bond acceptors (Lipinski definition) is 6. The highest BCUT2D eigenvalue weighted by Crippen LogP contribution is 2.38. The Balaban J connectivity index is 1.70. The Bertz CT molecular complexity index is 869. The predicted molar refractivity (Wildman–Crippen MR) is 99.4 cm³/mol. The van der Waals surface area contributed by atoms with E-state index in [1.165, 1.54) is 41.5 Å². The predicted octanol–water partition coefficient (Wildman–Crippen LogP) is 3.86. The number of hydrogen-bond donors (Lipinski definition) is 2. The van der Waals surface area contributed by atoms with Gasteiger partial charge in [0.05, 0.1) is 5.39 Å². The standard InChI is InChI=1S/C18H21N5S/c1-11-22-17(21-10-12-7-8-15(19)20-9-12)16-13-5-3-2-4-6-14(13)24-18(16)23-11/h7-9H,2-6,10H2,1H3,(H2,19,20)(H,21,22,23). The van der Waals surface area contributed by atoms with Crippen LogP contribution >= 0.6 is 11.3 Å². The lowest BCUT2D eigenvalue weighted by Gasteiger charge is -2.09. The quantitative estimate of drug-likeness (QED) is 0.709. The number of aromatic nitrogens is 3. The molecule has 3 aromatic heterocycles. The van der Waals surface area contributed by atoms with E-state index in [-0.39, 0.29) is 0 Å². The minimum Gasteiger partial charge on any atom is -0.384 e. The van der Waals surface area contributed by atoms with E-state index in [1.54, 1.807) is 0 Å². The molecule has 3 aromatic rings. The molecule has 0 fully saturated rings. The first-order chi connectivity index (χ1) is 11.7. The maximum Gasteiger partial charge on any atom is 0.139 e. The molecule has 0 aromatic carbocycles. The molecule has 0 unspecified atom stereocenters. The van der Waals surface area contributed by atoms with Gasteiger partial charge in [0, 0.05) is 17.6 Å². The van der Waals surface area contributed by atoms with E-state index < -0.39 is 0 Å². The zero-order valence-electron chi connectivity index (χ0n) is 13.8. The third-order valence-corrected chi connectivity index (χ3v) is 5.67. The molecule has 0 amide bonds. The normalized spacial score (nSPS) is 14.4. The van der Waals surface area contributed by atoms with Crippen LogP contribution in [-0.4, -0.2) is 15.0 Å². The van der Waals surface area contributed by atoms with E-state index in [0.29, 0.717) is 12.4 Å². The molecule has 0 saturated carbocycles. The number of fused-ring (bicyclic) bond motifs is 3. The van der Waals surface area contributed by atoms with Gasteiger partial charge in [-0.3, -0.25) is 0 Å². The average Bonchev–Trinajstić information content (AvgIpc) is 2.75. The van der Waals surface area contributed by atoms with E-state index in [0.717, 1.165) is 28.5 Å². The smallest absolute Gasteiger partial charge is 0.139 e. The van der Waals surface area contributed by atoms with Gasteiger partial charge in [-0.15, -0.1) is 11.3 Å². The lowest BCUT2D eigenvalue weighted by molar-refractivity contribution is 0.713. The molecular formula is C18H21N5S. The van der Waals surface area contributed by atoms with Gasteiger partial charge in [-0.25, -0.2) is 15.0 Å². The minimum atomic E-state index is 0.544. The number of anilines is 2. The van der Waals surface area contributed by atoms with Crippen LogP contribution in [0.2, 0.25) is 0 Å². The van der Waals surface area contributed by atoms with Crippen molar-refractivity contribution in [2.24, 2.45) is 0 Å². The first-order valence-electron chi connectivity index (χ1n) is 8.44. The molecule has 3 N–H and O–H groups in total. The van der Waals surface area contributed by atoms with E-state index in [9.17, 15) is 0 Å². The van der Waals surface area contributed by atoms with Gasteiger partial charge in [0.2, 0.25) is 0 Å². The zero-order chi connectivity index (χ0) is 16.5. The van der Waals surface area contributed by atoms with Crippen molar-refractivity contribution < 1.29 is 0 Å². The topological polar surface area (TPSA) is 76.7 Å². The van der Waals surface area contributed by atoms with Gasteiger partial charge in [-0.2, -0.15) is 0 Å². The summed E-state index contributed by atoms with van der Waals surface area (Å²) >= 11 is 1.85. The summed E-state index contributed by atoms with van der Waals surface area (Å²) in [7, 11) is 0. The van der Waals surface area contributed by atoms with Gasteiger partial charge in [0.25, 0.3) is 0 Å². The zero-order valence-corrected chi connectivity index (χ0v) is 14.6. The number of nitrogen functional groups attached to an aromatic ring is 1. The number of pyridine rings is 1. The van der Waals surface area contributed by atoms with Crippen LogP contribution in [0.5, 0.6) is 0 Å². The van der Waals surface area contributed by atoms with Crippen LogP contribution in [0.15, 0.2) is 18.3 Å². The summed E-state index contributed by atoms with van der Waals surface area (Å²) in [5, 5.41) is 4.72. The van der Waals surface area contributed by atoms with Crippen molar-refractivity contribution in [1.29, 1.82) is 0 Å². The van der Waals surface area contributed by atoms with Crippen molar-refractivity contribution in [2.75, 3.05) is 11.1 Å². The number of nitrogens with two attached hydrogens (primary N) is 1. The Morgan fingerprint density at radius 2 is 2.04 bits per heavy atom. The molecule has 124 valence electrons. The van der Waals surface area contributed by atoms with Crippen molar-refractivity contribution in [3.8, 4) is 0 Å². The Morgan fingerprint density at radius 3 is 2.88 bits per heavy atom. The van der Waals surface area contributed by atoms with Gasteiger partial charge in [-0.05, 0) is 49.8 Å². The maximum absolute atomic E-state index is 5.65. The van der Waals surface area contributed by atoms with Gasteiger partial charge in [-0.1, -0.05) is 12.5 Å². The van der Waals surface area contributed by atoms with Crippen LogP contribution in [0.25, 0.3) is 10.2 Å². The molecule has 1 aliphatic carbocycles. The second-order valence-electron chi connectivity index (χ2n) is 6.31. The van der Waals surface area contributed by atoms with Gasteiger partial charge < -0.3 is 11.1 Å². The number of nitrogens with zero attached hydrogens (tertiary/aromatic N) is 3. The molecule has 6 heteroatoms. The average molecular weight is 339 g/mol. The van der Waals surface area contributed by atoms with Crippen LogP contribution in [0, 0.1) is 6.92 Å². The van der Waals surface area contributed by atoms with Crippen molar-refractivity contribution in [1.82, 2.24) is 15.0 Å². The molecule has 1 aliphatic rings. The summed E-state index contributed by atoms with van der Waals surface area (Å²) in [5.74, 6) is 2.31. The second kappa shape index (κ2) is 6.36. The van der Waals surface area contributed by atoms with Crippen LogP contribution in [0.1, 0.15) is 41.1 Å². The summed E-state index contributed by atoms with van der Waals surface area (Å²) < 4.78 is 0. The van der Waals surface area contributed by atoms with Gasteiger partial charge in [0.15, 0.2) is 0 Å². The molecule has 24 heavy (non-hydrogen) atoms. The second-order valence-corrected chi connectivity index (χ2v) is 7.39. The number of thiophene rings is 1. The molecule has 0 aliphatic heterocycles. The first-order valence-corrected chi connectivity index (χ1v) is 9.25. The van der Waals surface area contributed by atoms with Gasteiger partial charge >= 0.3 is 0 Å². The fourth-order valence-corrected chi connectivity index (χ4v) is 4.60. The summed E-state index contributed by atoms with van der Waals surface area (Å²) in [4.78, 5) is 16.1. The molecule has 0 saturated heterocycles. The summed E-state index contributed by atoms with van der Waals surface area (Å²) in [6.07, 6.45) is 7.98. The van der Waals surface area contributed by atoms with Crippen molar-refractivity contribution >= 4 is 33.2 Å². The molecular weight excluding hydrogens is 318 g/mol. The SMILES string of the molecule is Cc1nc(NCc2ccc(N)nc2)c2c3c(sc2n1)CCCCC3. The molecule has 0 bridgehead atoms. The van der Waals surface area contributed by atoms with Crippen LogP contribution in [0.3, 0.4) is 0 Å². The molecule has 0 spiro atoms. The van der Waals surface area contributed by atoms with E-state index in [2.05, 4.69) is 20.3 Å². The van der Waals surface area contributed by atoms with Gasteiger partial charge in [0.1, 0.15) is 22.3 Å². The Morgan fingerprint density at radius 1 is 1.17 bits per heavy atom. The Hall–Kier alpha value is -2.21. The van der Waals surface area contributed by atoms with Crippen molar-refractivity contribution in [3.63, 3.8) is 0 Å². The highest BCUT2D eigenvalue weighted by molar-refractivity contribution is 7.19. The minimum absolute atomic E-state index is 0.544. The summed E-state index contributed by atoms with van der Waals surface area (Å²) in [6.45, 7) is 2.64. The Kier molecular flexibility index (Phi) is 4.06. The fourth-order valence-electron chi connectivity index (χ4n) is 3.30. The highest BCUT2D eigenvalue weighted by Gasteiger charge is 2.19. The van der Waals surface area contributed by atoms with Crippen LogP contribution < -0.4 is 11.1 Å². The lowest BCUT2D eigenvalue weighted by atomic mass is 10.1. The first kappa shape index (κ1) is 15.3. The van der Waals surface area contributed by atoms with Crippen molar-refractivity contribution in [3.05, 3.63) is 40.2 Å². The lowest BCUT2D eigenvalue weighted by Crippen LogP contribution is -2.05. The fraction of sp³-hybridized carbons (Fsp3) is 0.389. The van der Waals surface area contributed by atoms with E-state index in [1.807, 2.05) is 36.6 Å². The molecule has 0 atom stereocenters. The van der Waals surface area contributed by atoms with E-state index in [4.69, 9.17) is 5.73 Å². The van der Waals surface area contributed by atoms with E-state index >= 15 is 0 Å².